The summed E-state index contributed by atoms with van der Waals surface area (Å²) < 4.78 is 33.4. The maximum atomic E-state index is 12.8. The van der Waals surface area contributed by atoms with E-state index in [1.165, 1.54) is 13.2 Å². The number of methoxy groups -OCH3 is 1. The quantitative estimate of drug-likeness (QED) is 0.812. The van der Waals surface area contributed by atoms with Crippen LogP contribution in [-0.4, -0.2) is 21.4 Å². The van der Waals surface area contributed by atoms with Gasteiger partial charge in [0, 0.05) is 11.6 Å². The summed E-state index contributed by atoms with van der Waals surface area (Å²) in [6.07, 6.45) is 0.873. The van der Waals surface area contributed by atoms with Gasteiger partial charge >= 0.3 is 0 Å². The molecule has 138 valence electrons. The molecule has 0 aromatic heterocycles. The van der Waals surface area contributed by atoms with Gasteiger partial charge in [0.25, 0.3) is 10.0 Å². The van der Waals surface area contributed by atoms with E-state index in [1.807, 2.05) is 6.92 Å². The zero-order valence-electron chi connectivity index (χ0n) is 14.9. The number of carbonyl (C=O) groups excluding carboxylic acids is 1. The lowest BCUT2D eigenvalue weighted by molar-refractivity contribution is -0.117. The smallest absolute Gasteiger partial charge is 0.262 e. The van der Waals surface area contributed by atoms with Crippen LogP contribution in [0.15, 0.2) is 47.4 Å². The van der Waals surface area contributed by atoms with Gasteiger partial charge in [-0.2, -0.15) is 0 Å². The largest absolute Gasteiger partial charge is 0.495 e. The molecule has 1 amide bonds. The standard InChI is InChI=1S/C19H22N2O4S/c1-12-8-9-14(20-19(22)15-10-13(15)2)11-18(12)26(23,24)21-16-6-4-5-7-17(16)25-3/h4-9,11,13,15,21H,10H2,1-3H3,(H,20,22). The molecule has 0 heterocycles. The first-order valence-electron chi connectivity index (χ1n) is 8.39. The van der Waals surface area contributed by atoms with Gasteiger partial charge in [0.05, 0.1) is 17.7 Å². The van der Waals surface area contributed by atoms with Crippen LogP contribution in [0.1, 0.15) is 18.9 Å². The fraction of sp³-hybridized carbons (Fsp3) is 0.316. The van der Waals surface area contributed by atoms with Crippen molar-refractivity contribution in [2.45, 2.75) is 25.2 Å². The van der Waals surface area contributed by atoms with E-state index in [-0.39, 0.29) is 16.7 Å². The molecule has 26 heavy (non-hydrogen) atoms. The molecule has 3 rings (SSSR count). The molecule has 0 bridgehead atoms. The van der Waals surface area contributed by atoms with Crippen LogP contribution < -0.4 is 14.8 Å². The number of aryl methyl sites for hydroxylation is 1. The van der Waals surface area contributed by atoms with Crippen LogP contribution in [0.25, 0.3) is 0 Å². The van der Waals surface area contributed by atoms with E-state index >= 15 is 0 Å². The molecule has 0 radical (unpaired) electrons. The SMILES string of the molecule is COc1ccccc1NS(=O)(=O)c1cc(NC(=O)C2CC2C)ccc1C. The first kappa shape index (κ1) is 18.3. The fourth-order valence-corrected chi connectivity index (χ4v) is 4.16. The summed E-state index contributed by atoms with van der Waals surface area (Å²) in [6, 6.07) is 11.7. The highest BCUT2D eigenvalue weighted by Crippen LogP contribution is 2.38. The summed E-state index contributed by atoms with van der Waals surface area (Å²) in [7, 11) is -2.35. The van der Waals surface area contributed by atoms with Gasteiger partial charge in [0.1, 0.15) is 5.75 Å². The molecule has 0 aliphatic heterocycles. The van der Waals surface area contributed by atoms with Crippen molar-refractivity contribution in [2.75, 3.05) is 17.1 Å². The molecule has 2 atom stereocenters. The fourth-order valence-electron chi connectivity index (χ4n) is 2.82. The van der Waals surface area contributed by atoms with E-state index in [9.17, 15) is 13.2 Å². The minimum atomic E-state index is -3.83. The number of hydrogen-bond acceptors (Lipinski definition) is 4. The summed E-state index contributed by atoms with van der Waals surface area (Å²) in [5.41, 5.74) is 1.42. The molecule has 1 aliphatic rings. The zero-order valence-corrected chi connectivity index (χ0v) is 15.8. The Balaban J connectivity index is 1.86. The van der Waals surface area contributed by atoms with Gasteiger partial charge in [-0.25, -0.2) is 8.42 Å². The minimum absolute atomic E-state index is 0.0167. The van der Waals surface area contributed by atoms with Crippen LogP contribution in [0.5, 0.6) is 5.75 Å². The van der Waals surface area contributed by atoms with Gasteiger partial charge in [-0.15, -0.1) is 0 Å². The summed E-state index contributed by atoms with van der Waals surface area (Å²) >= 11 is 0. The number of benzene rings is 2. The van der Waals surface area contributed by atoms with Crippen LogP contribution in [0.4, 0.5) is 11.4 Å². The molecule has 7 heteroatoms. The average Bonchev–Trinajstić information content (AvgIpc) is 3.33. The lowest BCUT2D eigenvalue weighted by Crippen LogP contribution is -2.17. The number of hydrogen-bond donors (Lipinski definition) is 2. The van der Waals surface area contributed by atoms with E-state index in [4.69, 9.17) is 4.74 Å². The van der Waals surface area contributed by atoms with Crippen LogP contribution in [0.2, 0.25) is 0 Å². The Labute approximate surface area is 153 Å². The maximum Gasteiger partial charge on any atom is 0.262 e. The number of carbonyl (C=O) groups is 1. The zero-order chi connectivity index (χ0) is 18.9. The van der Waals surface area contributed by atoms with Crippen LogP contribution in [0, 0.1) is 18.8 Å². The van der Waals surface area contributed by atoms with Crippen LogP contribution in [-0.2, 0) is 14.8 Å². The van der Waals surface area contributed by atoms with Crippen LogP contribution in [0.3, 0.4) is 0 Å². The van der Waals surface area contributed by atoms with Crippen molar-refractivity contribution in [1.82, 2.24) is 0 Å². The lowest BCUT2D eigenvalue weighted by atomic mass is 10.2. The van der Waals surface area contributed by atoms with Gasteiger partial charge in [0.2, 0.25) is 5.91 Å². The Hall–Kier alpha value is -2.54. The molecular formula is C19H22N2O4S. The van der Waals surface area contributed by atoms with Gasteiger partial charge in [-0.3, -0.25) is 9.52 Å². The third-order valence-electron chi connectivity index (χ3n) is 4.54. The Morgan fingerprint density at radius 1 is 1.19 bits per heavy atom. The second-order valence-electron chi connectivity index (χ2n) is 6.59. The van der Waals surface area contributed by atoms with E-state index in [0.717, 1.165) is 6.42 Å². The molecule has 1 aliphatic carbocycles. The Kier molecular flexibility index (Phi) is 4.91. The first-order chi connectivity index (χ1) is 12.3. The van der Waals surface area contributed by atoms with E-state index in [0.29, 0.717) is 28.6 Å². The minimum Gasteiger partial charge on any atom is -0.495 e. The predicted octanol–water partition coefficient (Wildman–Crippen LogP) is 3.40. The molecule has 1 fully saturated rings. The predicted molar refractivity (Wildman–Crippen MR) is 101 cm³/mol. The van der Waals surface area contributed by atoms with E-state index in [2.05, 4.69) is 10.0 Å². The van der Waals surface area contributed by atoms with Crippen molar-refractivity contribution < 1.29 is 17.9 Å². The summed E-state index contributed by atoms with van der Waals surface area (Å²) in [6.45, 7) is 3.73. The topological polar surface area (TPSA) is 84.5 Å². The monoisotopic (exact) mass is 374 g/mol. The summed E-state index contributed by atoms with van der Waals surface area (Å²) in [5.74, 6) is 0.766. The number of amides is 1. The summed E-state index contributed by atoms with van der Waals surface area (Å²) in [4.78, 5) is 12.2. The highest BCUT2D eigenvalue weighted by molar-refractivity contribution is 7.92. The number of anilines is 2. The lowest BCUT2D eigenvalue weighted by Gasteiger charge is -2.14. The number of para-hydroxylation sites is 2. The van der Waals surface area contributed by atoms with Crippen molar-refractivity contribution in [3.63, 3.8) is 0 Å². The average molecular weight is 374 g/mol. The second-order valence-corrected chi connectivity index (χ2v) is 8.25. The highest BCUT2D eigenvalue weighted by atomic mass is 32.2. The molecule has 6 nitrogen and oxygen atoms in total. The third kappa shape index (κ3) is 3.83. The molecule has 2 aromatic carbocycles. The normalized spacial score (nSPS) is 18.9. The summed E-state index contributed by atoms with van der Waals surface area (Å²) in [5, 5.41) is 2.80. The highest BCUT2D eigenvalue weighted by Gasteiger charge is 2.39. The molecule has 0 saturated heterocycles. The van der Waals surface area contributed by atoms with Crippen molar-refractivity contribution in [3.8, 4) is 5.75 Å². The van der Waals surface area contributed by atoms with E-state index < -0.39 is 10.0 Å². The van der Waals surface area contributed by atoms with Crippen molar-refractivity contribution in [3.05, 3.63) is 48.0 Å². The maximum absolute atomic E-state index is 12.8. The number of sulfonamides is 1. The molecule has 2 aromatic rings. The molecule has 0 spiro atoms. The van der Waals surface area contributed by atoms with Crippen molar-refractivity contribution in [2.24, 2.45) is 11.8 Å². The molecule has 1 saturated carbocycles. The Bertz CT molecular complexity index is 940. The number of nitrogens with one attached hydrogen (secondary N) is 2. The van der Waals surface area contributed by atoms with Gasteiger partial charge < -0.3 is 10.1 Å². The Morgan fingerprint density at radius 2 is 1.88 bits per heavy atom. The third-order valence-corrected chi connectivity index (χ3v) is 6.05. The first-order valence-corrected chi connectivity index (χ1v) is 9.87. The molecule has 2 unspecified atom stereocenters. The van der Waals surface area contributed by atoms with Gasteiger partial charge in [0.15, 0.2) is 0 Å². The van der Waals surface area contributed by atoms with Crippen molar-refractivity contribution >= 4 is 27.3 Å². The molecular weight excluding hydrogens is 352 g/mol. The van der Waals surface area contributed by atoms with Gasteiger partial charge in [-0.1, -0.05) is 25.1 Å². The van der Waals surface area contributed by atoms with E-state index in [1.54, 1.807) is 43.3 Å². The number of rotatable bonds is 6. The van der Waals surface area contributed by atoms with Gasteiger partial charge in [-0.05, 0) is 49.1 Å². The van der Waals surface area contributed by atoms with Crippen LogP contribution >= 0.6 is 0 Å². The second kappa shape index (κ2) is 6.99. The number of ether oxygens (including phenoxy) is 1. The Morgan fingerprint density at radius 3 is 2.54 bits per heavy atom. The van der Waals surface area contributed by atoms with Crippen molar-refractivity contribution in [1.29, 1.82) is 0 Å². The molecule has 2 N–H and O–H groups in total.